The van der Waals surface area contributed by atoms with Crippen molar-refractivity contribution in [3.63, 3.8) is 0 Å². The van der Waals surface area contributed by atoms with Crippen LogP contribution in [0.4, 0.5) is 0 Å². The zero-order valence-electron chi connectivity index (χ0n) is 9.04. The van der Waals surface area contributed by atoms with E-state index in [2.05, 4.69) is 37.4 Å². The topological polar surface area (TPSA) is 38.3 Å². The molecule has 1 aromatic rings. The molecule has 0 spiro atoms. The number of rotatable bonds is 1. The normalized spacial score (nSPS) is 21.2. The zero-order chi connectivity index (χ0) is 10.8. The summed E-state index contributed by atoms with van der Waals surface area (Å²) in [6, 6.07) is 6.34. The quantitative estimate of drug-likeness (QED) is 0.754. The van der Waals surface area contributed by atoms with Crippen LogP contribution < -0.4 is 5.32 Å². The van der Waals surface area contributed by atoms with Gasteiger partial charge in [-0.25, -0.2) is 0 Å². The third kappa shape index (κ3) is 2.36. The number of ether oxygens (including phenoxy) is 1. The van der Waals surface area contributed by atoms with Gasteiger partial charge in [-0.3, -0.25) is 4.79 Å². The first-order chi connectivity index (χ1) is 7.15. The number of aryl methyl sites for hydroxylation is 2. The van der Waals surface area contributed by atoms with Gasteiger partial charge in [-0.2, -0.15) is 0 Å². The van der Waals surface area contributed by atoms with E-state index in [9.17, 15) is 4.79 Å². The van der Waals surface area contributed by atoms with Crippen LogP contribution in [-0.2, 0) is 9.53 Å². The van der Waals surface area contributed by atoms with E-state index < -0.39 is 0 Å². The minimum absolute atomic E-state index is 0.00120. The highest BCUT2D eigenvalue weighted by Crippen LogP contribution is 2.21. The van der Waals surface area contributed by atoms with Crippen LogP contribution in [-0.4, -0.2) is 19.1 Å². The minimum atomic E-state index is -0.0318. The number of amides is 1. The standard InChI is InChI=1S/C12H15NO2/c1-8-3-9(2)5-10(4-8)11-6-13-12(14)7-15-11/h3-5,11H,6-7H2,1-2H3,(H,13,14)/t11-/m0/s1. The van der Waals surface area contributed by atoms with Crippen molar-refractivity contribution >= 4 is 5.91 Å². The average molecular weight is 205 g/mol. The SMILES string of the molecule is Cc1cc(C)cc([C@@H]2CNC(=O)CO2)c1. The Bertz CT molecular complexity index is 357. The van der Waals surface area contributed by atoms with Gasteiger partial charge in [0.1, 0.15) is 12.7 Å². The molecule has 1 fully saturated rings. The Hall–Kier alpha value is -1.35. The molecule has 1 aliphatic rings. The number of nitrogens with one attached hydrogen (secondary N) is 1. The van der Waals surface area contributed by atoms with E-state index in [0.717, 1.165) is 5.56 Å². The highest BCUT2D eigenvalue weighted by Gasteiger charge is 2.20. The molecule has 1 amide bonds. The number of benzene rings is 1. The monoisotopic (exact) mass is 205 g/mol. The van der Waals surface area contributed by atoms with E-state index in [0.29, 0.717) is 6.54 Å². The number of carbonyl (C=O) groups excluding carboxylic acids is 1. The molecule has 0 radical (unpaired) electrons. The van der Waals surface area contributed by atoms with Gasteiger partial charge < -0.3 is 10.1 Å². The van der Waals surface area contributed by atoms with Crippen molar-refractivity contribution in [3.8, 4) is 0 Å². The number of carbonyl (C=O) groups is 1. The predicted molar refractivity (Wildman–Crippen MR) is 57.6 cm³/mol. The van der Waals surface area contributed by atoms with Crippen LogP contribution >= 0.6 is 0 Å². The summed E-state index contributed by atoms with van der Waals surface area (Å²) in [5.74, 6) is -0.0318. The average Bonchev–Trinajstić information content (AvgIpc) is 2.17. The highest BCUT2D eigenvalue weighted by atomic mass is 16.5. The summed E-state index contributed by atoms with van der Waals surface area (Å²) in [6.45, 7) is 4.87. The van der Waals surface area contributed by atoms with E-state index in [1.807, 2.05) is 0 Å². The summed E-state index contributed by atoms with van der Waals surface area (Å²) in [4.78, 5) is 10.9. The minimum Gasteiger partial charge on any atom is -0.362 e. The Morgan fingerprint density at radius 2 is 1.93 bits per heavy atom. The van der Waals surface area contributed by atoms with Crippen molar-refractivity contribution in [1.82, 2.24) is 5.32 Å². The molecule has 80 valence electrons. The molecule has 1 aliphatic heterocycles. The first kappa shape index (κ1) is 10.2. The summed E-state index contributed by atoms with van der Waals surface area (Å²) in [6.07, 6.45) is 0.00120. The van der Waals surface area contributed by atoms with Gasteiger partial charge >= 0.3 is 0 Å². The van der Waals surface area contributed by atoms with Gasteiger partial charge in [0.05, 0.1) is 0 Å². The van der Waals surface area contributed by atoms with E-state index >= 15 is 0 Å². The maximum absolute atomic E-state index is 10.9. The summed E-state index contributed by atoms with van der Waals surface area (Å²) in [5.41, 5.74) is 3.60. The Balaban J connectivity index is 2.18. The molecule has 1 atom stereocenters. The van der Waals surface area contributed by atoms with Crippen LogP contribution in [0.5, 0.6) is 0 Å². The second-order valence-corrected chi connectivity index (χ2v) is 4.02. The van der Waals surface area contributed by atoms with Crippen LogP contribution in [0.25, 0.3) is 0 Å². The molecule has 1 aromatic carbocycles. The maximum Gasteiger partial charge on any atom is 0.246 e. The van der Waals surface area contributed by atoms with Crippen LogP contribution in [0.1, 0.15) is 22.8 Å². The second kappa shape index (κ2) is 4.03. The molecule has 15 heavy (non-hydrogen) atoms. The molecule has 1 N–H and O–H groups in total. The Kier molecular flexibility index (Phi) is 2.73. The molecule has 3 nitrogen and oxygen atoms in total. The van der Waals surface area contributed by atoms with Gasteiger partial charge in [0.25, 0.3) is 0 Å². The van der Waals surface area contributed by atoms with E-state index in [1.54, 1.807) is 0 Å². The molecule has 0 bridgehead atoms. The van der Waals surface area contributed by atoms with Gasteiger partial charge in [0, 0.05) is 6.54 Å². The van der Waals surface area contributed by atoms with Crippen molar-refractivity contribution in [2.75, 3.05) is 13.2 Å². The van der Waals surface area contributed by atoms with Gasteiger partial charge in [0.15, 0.2) is 0 Å². The Morgan fingerprint density at radius 3 is 2.47 bits per heavy atom. The lowest BCUT2D eigenvalue weighted by Gasteiger charge is -2.24. The number of morpholine rings is 1. The summed E-state index contributed by atoms with van der Waals surface area (Å²) >= 11 is 0. The molecule has 3 heteroatoms. The molecular formula is C12H15NO2. The lowest BCUT2D eigenvalue weighted by atomic mass is 10.0. The molecule has 0 aromatic heterocycles. The molecule has 0 unspecified atom stereocenters. The third-order valence-corrected chi connectivity index (χ3v) is 2.52. The second-order valence-electron chi connectivity index (χ2n) is 4.02. The Labute approximate surface area is 89.4 Å². The van der Waals surface area contributed by atoms with Gasteiger partial charge in [-0.1, -0.05) is 29.3 Å². The first-order valence-electron chi connectivity index (χ1n) is 5.11. The lowest BCUT2D eigenvalue weighted by Crippen LogP contribution is -2.38. The molecule has 0 saturated carbocycles. The van der Waals surface area contributed by atoms with E-state index in [1.165, 1.54) is 11.1 Å². The van der Waals surface area contributed by atoms with Crippen molar-refractivity contribution in [1.29, 1.82) is 0 Å². The summed E-state index contributed by atoms with van der Waals surface area (Å²) in [7, 11) is 0. The van der Waals surface area contributed by atoms with E-state index in [-0.39, 0.29) is 18.6 Å². The fourth-order valence-electron chi connectivity index (χ4n) is 1.90. The fraction of sp³-hybridized carbons (Fsp3) is 0.417. The fourth-order valence-corrected chi connectivity index (χ4v) is 1.90. The Morgan fingerprint density at radius 1 is 1.27 bits per heavy atom. The lowest BCUT2D eigenvalue weighted by molar-refractivity contribution is -0.133. The van der Waals surface area contributed by atoms with Crippen molar-refractivity contribution in [2.24, 2.45) is 0 Å². The van der Waals surface area contributed by atoms with Crippen LogP contribution in [0.15, 0.2) is 18.2 Å². The van der Waals surface area contributed by atoms with Crippen molar-refractivity contribution < 1.29 is 9.53 Å². The van der Waals surface area contributed by atoms with Gasteiger partial charge in [-0.05, 0) is 19.4 Å². The number of hydrogen-bond donors (Lipinski definition) is 1. The zero-order valence-corrected chi connectivity index (χ0v) is 9.04. The first-order valence-corrected chi connectivity index (χ1v) is 5.11. The molecule has 2 rings (SSSR count). The molecular weight excluding hydrogens is 190 g/mol. The highest BCUT2D eigenvalue weighted by molar-refractivity contribution is 5.77. The van der Waals surface area contributed by atoms with Crippen LogP contribution in [0.2, 0.25) is 0 Å². The van der Waals surface area contributed by atoms with Crippen molar-refractivity contribution in [3.05, 3.63) is 34.9 Å². The van der Waals surface area contributed by atoms with Crippen LogP contribution in [0, 0.1) is 13.8 Å². The summed E-state index contributed by atoms with van der Waals surface area (Å²) < 4.78 is 5.47. The molecule has 0 aliphatic carbocycles. The molecule has 1 heterocycles. The summed E-state index contributed by atoms with van der Waals surface area (Å²) in [5, 5.41) is 2.81. The maximum atomic E-state index is 10.9. The predicted octanol–water partition coefficient (Wildman–Crippen LogP) is 1.49. The third-order valence-electron chi connectivity index (χ3n) is 2.52. The molecule has 1 saturated heterocycles. The smallest absolute Gasteiger partial charge is 0.246 e. The number of hydrogen-bond acceptors (Lipinski definition) is 2. The van der Waals surface area contributed by atoms with Gasteiger partial charge in [-0.15, -0.1) is 0 Å². The largest absolute Gasteiger partial charge is 0.362 e. The van der Waals surface area contributed by atoms with Crippen molar-refractivity contribution in [2.45, 2.75) is 20.0 Å². The van der Waals surface area contributed by atoms with Gasteiger partial charge in [0.2, 0.25) is 5.91 Å². The van der Waals surface area contributed by atoms with E-state index in [4.69, 9.17) is 4.74 Å². The van der Waals surface area contributed by atoms with Crippen LogP contribution in [0.3, 0.4) is 0 Å².